The zero-order valence-electron chi connectivity index (χ0n) is 21.9. The highest BCUT2D eigenvalue weighted by molar-refractivity contribution is 7.92. The van der Waals surface area contributed by atoms with Gasteiger partial charge in [0.2, 0.25) is 21.8 Å². The molecule has 2 amide bonds. The maximum Gasteiger partial charge on any atom is 0.244 e. The fraction of sp³-hybridized carbons (Fsp3) is 0.462. The zero-order valence-corrected chi connectivity index (χ0v) is 22.7. The summed E-state index contributed by atoms with van der Waals surface area (Å²) in [6.45, 7) is 5.29. The van der Waals surface area contributed by atoms with Crippen LogP contribution in [0.4, 0.5) is 5.69 Å². The smallest absolute Gasteiger partial charge is 0.244 e. The third-order valence-corrected chi connectivity index (χ3v) is 7.03. The van der Waals surface area contributed by atoms with Crippen LogP contribution in [0.15, 0.2) is 48.5 Å². The van der Waals surface area contributed by atoms with Crippen molar-refractivity contribution >= 4 is 27.5 Å². The lowest BCUT2D eigenvalue weighted by molar-refractivity contribution is -0.140. The Morgan fingerprint density at radius 3 is 2.28 bits per heavy atom. The van der Waals surface area contributed by atoms with Gasteiger partial charge in [-0.05, 0) is 49.6 Å². The van der Waals surface area contributed by atoms with Crippen molar-refractivity contribution in [2.24, 2.45) is 0 Å². The number of nitrogens with one attached hydrogen (secondary N) is 1. The van der Waals surface area contributed by atoms with Gasteiger partial charge in [-0.3, -0.25) is 13.9 Å². The lowest BCUT2D eigenvalue weighted by atomic mass is 10.1. The molecule has 36 heavy (non-hydrogen) atoms. The quantitative estimate of drug-likeness (QED) is 0.436. The van der Waals surface area contributed by atoms with Crippen molar-refractivity contribution in [1.82, 2.24) is 10.2 Å². The molecule has 198 valence electrons. The largest absolute Gasteiger partial charge is 0.497 e. The van der Waals surface area contributed by atoms with Crippen LogP contribution >= 0.6 is 0 Å². The van der Waals surface area contributed by atoms with Crippen LogP contribution in [0, 0.1) is 0 Å². The number of para-hydroxylation sites is 2. The van der Waals surface area contributed by atoms with Gasteiger partial charge in [-0.25, -0.2) is 8.42 Å². The normalized spacial score (nSPS) is 12.8. The maximum absolute atomic E-state index is 13.8. The molecule has 2 atom stereocenters. The number of methoxy groups -OCH3 is 2. The minimum atomic E-state index is -3.85. The summed E-state index contributed by atoms with van der Waals surface area (Å²) in [4.78, 5) is 28.4. The predicted molar refractivity (Wildman–Crippen MR) is 141 cm³/mol. The Morgan fingerprint density at radius 2 is 1.69 bits per heavy atom. The molecule has 0 saturated heterocycles. The number of benzene rings is 2. The molecule has 0 fully saturated rings. The maximum atomic E-state index is 13.8. The van der Waals surface area contributed by atoms with E-state index in [1.807, 2.05) is 26.8 Å². The molecule has 0 radical (unpaired) electrons. The van der Waals surface area contributed by atoms with Gasteiger partial charge in [0.25, 0.3) is 0 Å². The summed E-state index contributed by atoms with van der Waals surface area (Å²) in [5.41, 5.74) is 0.995. The molecule has 0 saturated carbocycles. The van der Waals surface area contributed by atoms with Crippen molar-refractivity contribution in [2.75, 3.05) is 31.3 Å². The molecule has 2 rings (SSSR count). The molecule has 2 aromatic carbocycles. The Morgan fingerprint density at radius 1 is 1.00 bits per heavy atom. The van der Waals surface area contributed by atoms with E-state index in [1.165, 1.54) is 12.0 Å². The molecular formula is C26H37N3O6S. The number of hydrogen-bond acceptors (Lipinski definition) is 6. The zero-order chi connectivity index (χ0) is 26.9. The molecule has 9 nitrogen and oxygen atoms in total. The molecule has 0 bridgehead atoms. The first-order chi connectivity index (χ1) is 17.0. The average molecular weight is 520 g/mol. The third kappa shape index (κ3) is 7.61. The Labute approximate surface area is 214 Å². The van der Waals surface area contributed by atoms with Gasteiger partial charge in [0.05, 0.1) is 26.2 Å². The molecule has 0 aromatic heterocycles. The standard InChI is InChI=1S/C26H37N3O6S/c1-7-19(3)27-26(31)22(8-2)28(17-20-12-11-13-21(16-20)34-4)25(30)18-29(36(6,32)33)23-14-9-10-15-24(23)35-5/h9-16,19,22H,7-8,17-18H2,1-6H3,(H,27,31)/t19-,22+/m1/s1. The van der Waals surface area contributed by atoms with Gasteiger partial charge in [-0.15, -0.1) is 0 Å². The summed E-state index contributed by atoms with van der Waals surface area (Å²) < 4.78 is 37.2. The fourth-order valence-electron chi connectivity index (χ4n) is 3.76. The van der Waals surface area contributed by atoms with Crippen LogP contribution in [-0.4, -0.2) is 64.2 Å². The summed E-state index contributed by atoms with van der Waals surface area (Å²) in [5, 5.41) is 2.95. The molecule has 0 aliphatic rings. The van der Waals surface area contributed by atoms with Crippen LogP contribution in [0.1, 0.15) is 39.2 Å². The lowest BCUT2D eigenvalue weighted by Crippen LogP contribution is -2.53. The van der Waals surface area contributed by atoms with E-state index in [-0.39, 0.29) is 24.2 Å². The Bertz CT molecular complexity index is 1140. The van der Waals surface area contributed by atoms with E-state index < -0.39 is 28.5 Å². The number of hydrogen-bond donors (Lipinski definition) is 1. The van der Waals surface area contributed by atoms with Crippen LogP contribution in [-0.2, 0) is 26.2 Å². The first-order valence-corrected chi connectivity index (χ1v) is 13.7. The van der Waals surface area contributed by atoms with Crippen LogP contribution < -0.4 is 19.1 Å². The number of anilines is 1. The molecular weight excluding hydrogens is 482 g/mol. The van der Waals surface area contributed by atoms with Gasteiger partial charge in [0.15, 0.2) is 0 Å². The minimum absolute atomic E-state index is 0.0681. The fourth-order valence-corrected chi connectivity index (χ4v) is 4.61. The number of rotatable bonds is 13. The van der Waals surface area contributed by atoms with E-state index in [2.05, 4.69) is 5.32 Å². The van der Waals surface area contributed by atoms with Gasteiger partial charge in [0.1, 0.15) is 24.1 Å². The number of carbonyl (C=O) groups excluding carboxylic acids is 2. The van der Waals surface area contributed by atoms with E-state index >= 15 is 0 Å². The van der Waals surface area contributed by atoms with Crippen LogP contribution in [0.3, 0.4) is 0 Å². The minimum Gasteiger partial charge on any atom is -0.497 e. The number of sulfonamides is 1. The molecule has 0 spiro atoms. The molecule has 10 heteroatoms. The van der Waals surface area contributed by atoms with Gasteiger partial charge in [-0.1, -0.05) is 38.1 Å². The molecule has 0 aliphatic heterocycles. The molecule has 0 unspecified atom stereocenters. The van der Waals surface area contributed by atoms with Crippen molar-refractivity contribution in [2.45, 2.75) is 52.2 Å². The molecule has 1 N–H and O–H groups in total. The topological polar surface area (TPSA) is 105 Å². The highest BCUT2D eigenvalue weighted by Gasteiger charge is 2.32. The van der Waals surface area contributed by atoms with E-state index in [1.54, 1.807) is 49.6 Å². The number of nitrogens with zero attached hydrogens (tertiary/aromatic N) is 2. The summed E-state index contributed by atoms with van der Waals surface area (Å²) in [6, 6.07) is 12.9. The van der Waals surface area contributed by atoms with Crippen LogP contribution in [0.25, 0.3) is 0 Å². The summed E-state index contributed by atoms with van der Waals surface area (Å²) in [6.07, 6.45) is 2.12. The molecule has 0 aliphatic carbocycles. The number of amides is 2. The van der Waals surface area contributed by atoms with Crippen LogP contribution in [0.5, 0.6) is 11.5 Å². The second-order valence-corrected chi connectivity index (χ2v) is 10.5. The Hall–Kier alpha value is -3.27. The highest BCUT2D eigenvalue weighted by Crippen LogP contribution is 2.30. The van der Waals surface area contributed by atoms with Crippen molar-refractivity contribution in [3.8, 4) is 11.5 Å². The number of carbonyl (C=O) groups is 2. The highest BCUT2D eigenvalue weighted by atomic mass is 32.2. The first-order valence-electron chi connectivity index (χ1n) is 11.9. The monoisotopic (exact) mass is 519 g/mol. The van der Waals surface area contributed by atoms with Crippen molar-refractivity contribution in [1.29, 1.82) is 0 Å². The van der Waals surface area contributed by atoms with Gasteiger partial charge < -0.3 is 19.7 Å². The summed E-state index contributed by atoms with van der Waals surface area (Å²) >= 11 is 0. The second-order valence-electron chi connectivity index (χ2n) is 8.56. The first kappa shape index (κ1) is 29.0. The molecule has 0 heterocycles. The van der Waals surface area contributed by atoms with Crippen molar-refractivity contribution in [3.05, 3.63) is 54.1 Å². The van der Waals surface area contributed by atoms with E-state index in [0.717, 1.165) is 22.5 Å². The van der Waals surface area contributed by atoms with Crippen molar-refractivity contribution < 1.29 is 27.5 Å². The SMILES string of the molecule is CC[C@@H](C)NC(=O)[C@H](CC)N(Cc1cccc(OC)c1)C(=O)CN(c1ccccc1OC)S(C)(=O)=O. The lowest BCUT2D eigenvalue weighted by Gasteiger charge is -2.33. The van der Waals surface area contributed by atoms with Gasteiger partial charge in [0, 0.05) is 12.6 Å². The average Bonchev–Trinajstić information content (AvgIpc) is 2.86. The summed E-state index contributed by atoms with van der Waals surface area (Å²) in [5.74, 6) is 0.131. The molecule has 2 aromatic rings. The summed E-state index contributed by atoms with van der Waals surface area (Å²) in [7, 11) is -0.871. The Kier molecular flexibility index (Phi) is 10.6. The number of ether oxygens (including phenoxy) is 2. The third-order valence-electron chi connectivity index (χ3n) is 5.91. The van der Waals surface area contributed by atoms with Gasteiger partial charge >= 0.3 is 0 Å². The second kappa shape index (κ2) is 13.2. The van der Waals surface area contributed by atoms with E-state index in [9.17, 15) is 18.0 Å². The van der Waals surface area contributed by atoms with Gasteiger partial charge in [-0.2, -0.15) is 0 Å². The van der Waals surface area contributed by atoms with E-state index in [4.69, 9.17) is 9.47 Å². The van der Waals surface area contributed by atoms with Crippen molar-refractivity contribution in [3.63, 3.8) is 0 Å². The van der Waals surface area contributed by atoms with E-state index in [0.29, 0.717) is 17.9 Å². The Balaban J connectivity index is 2.49. The van der Waals surface area contributed by atoms with Crippen LogP contribution in [0.2, 0.25) is 0 Å². The predicted octanol–water partition coefficient (Wildman–Crippen LogP) is 3.19.